The second-order valence-corrected chi connectivity index (χ2v) is 5.83. The highest BCUT2D eigenvalue weighted by Gasteiger charge is 2.36. The maximum Gasteiger partial charge on any atom is 0.118 e. The molecule has 1 fully saturated rings. The molecule has 0 radical (unpaired) electrons. The third-order valence-corrected chi connectivity index (χ3v) is 4.70. The molecule has 2 aromatic rings. The van der Waals surface area contributed by atoms with Crippen LogP contribution in [-0.4, -0.2) is 25.4 Å². The molecular weight excluding hydrogens is 276 g/mol. The van der Waals surface area contributed by atoms with Crippen LogP contribution in [-0.2, 0) is 0 Å². The monoisotopic (exact) mass is 298 g/mol. The maximum absolute atomic E-state index is 10.7. The molecule has 1 unspecified atom stereocenters. The fraction of sp³-hybridized carbons (Fsp3) is 0.368. The van der Waals surface area contributed by atoms with E-state index in [1.165, 1.54) is 11.1 Å². The van der Waals surface area contributed by atoms with Crippen molar-refractivity contribution in [1.82, 2.24) is 0 Å². The molecule has 3 atom stereocenters. The first-order valence-electron chi connectivity index (χ1n) is 7.69. The summed E-state index contributed by atoms with van der Waals surface area (Å²) in [5.41, 5.74) is 2.37. The van der Waals surface area contributed by atoms with E-state index in [2.05, 4.69) is 24.3 Å². The van der Waals surface area contributed by atoms with Gasteiger partial charge in [-0.3, -0.25) is 0 Å². The highest BCUT2D eigenvalue weighted by Crippen LogP contribution is 2.44. The van der Waals surface area contributed by atoms with Gasteiger partial charge in [-0.05, 0) is 48.2 Å². The molecule has 0 aliphatic heterocycles. The topological polar surface area (TPSA) is 38.7 Å². The Morgan fingerprint density at radius 3 is 1.41 bits per heavy atom. The van der Waals surface area contributed by atoms with Crippen LogP contribution in [0.15, 0.2) is 48.5 Å². The molecule has 0 aromatic heterocycles. The first kappa shape index (κ1) is 14.9. The van der Waals surface area contributed by atoms with Gasteiger partial charge in [-0.25, -0.2) is 0 Å². The quantitative estimate of drug-likeness (QED) is 0.935. The van der Waals surface area contributed by atoms with Gasteiger partial charge in [0.05, 0.1) is 20.3 Å². The zero-order valence-electron chi connectivity index (χ0n) is 13.0. The number of methoxy groups -OCH3 is 2. The molecule has 0 amide bonds. The molecule has 3 nitrogen and oxygen atoms in total. The number of rotatable bonds is 4. The van der Waals surface area contributed by atoms with E-state index < -0.39 is 0 Å². The van der Waals surface area contributed by atoms with Crippen molar-refractivity contribution >= 4 is 0 Å². The van der Waals surface area contributed by atoms with Gasteiger partial charge >= 0.3 is 0 Å². The van der Waals surface area contributed by atoms with Crippen LogP contribution in [0, 0.1) is 0 Å². The first-order chi connectivity index (χ1) is 10.7. The summed E-state index contributed by atoms with van der Waals surface area (Å²) in [6, 6.07) is 16.1. The maximum atomic E-state index is 10.7. The molecule has 1 aliphatic carbocycles. The van der Waals surface area contributed by atoms with Crippen LogP contribution in [0.25, 0.3) is 0 Å². The molecular formula is C19H22O3. The summed E-state index contributed by atoms with van der Waals surface area (Å²) in [6.45, 7) is 0. The van der Waals surface area contributed by atoms with Crippen molar-refractivity contribution in [3.8, 4) is 11.5 Å². The lowest BCUT2D eigenvalue weighted by Crippen LogP contribution is -2.18. The van der Waals surface area contributed by atoms with Crippen molar-refractivity contribution in [3.63, 3.8) is 0 Å². The average molecular weight is 298 g/mol. The molecule has 0 spiro atoms. The smallest absolute Gasteiger partial charge is 0.118 e. The fourth-order valence-corrected chi connectivity index (χ4v) is 3.41. The van der Waals surface area contributed by atoms with E-state index in [1.807, 2.05) is 24.3 Å². The predicted molar refractivity (Wildman–Crippen MR) is 86.7 cm³/mol. The molecule has 1 saturated carbocycles. The molecule has 3 heteroatoms. The minimum atomic E-state index is -0.346. The highest BCUT2D eigenvalue weighted by atomic mass is 16.5. The van der Waals surface area contributed by atoms with Crippen LogP contribution in [0.3, 0.4) is 0 Å². The van der Waals surface area contributed by atoms with E-state index >= 15 is 0 Å². The van der Waals surface area contributed by atoms with E-state index in [-0.39, 0.29) is 17.9 Å². The SMILES string of the molecule is COc1ccc([C@H]2CC[C@@H](c3ccc(OC)cc3)C2O)cc1. The van der Waals surface area contributed by atoms with Gasteiger partial charge in [0.2, 0.25) is 0 Å². The van der Waals surface area contributed by atoms with Gasteiger partial charge in [0.15, 0.2) is 0 Å². The van der Waals surface area contributed by atoms with E-state index in [9.17, 15) is 5.11 Å². The predicted octanol–water partition coefficient (Wildman–Crippen LogP) is 3.73. The van der Waals surface area contributed by atoms with Crippen molar-refractivity contribution in [3.05, 3.63) is 59.7 Å². The third-order valence-electron chi connectivity index (χ3n) is 4.70. The zero-order chi connectivity index (χ0) is 15.5. The van der Waals surface area contributed by atoms with Crippen molar-refractivity contribution in [2.45, 2.75) is 30.8 Å². The van der Waals surface area contributed by atoms with E-state index in [0.29, 0.717) is 0 Å². The van der Waals surface area contributed by atoms with Gasteiger partial charge in [-0.15, -0.1) is 0 Å². The molecule has 1 aliphatic rings. The minimum absolute atomic E-state index is 0.193. The fourth-order valence-electron chi connectivity index (χ4n) is 3.41. The van der Waals surface area contributed by atoms with Gasteiger partial charge in [0, 0.05) is 11.8 Å². The van der Waals surface area contributed by atoms with Crippen LogP contribution in [0.2, 0.25) is 0 Å². The summed E-state index contributed by atoms with van der Waals surface area (Å²) in [7, 11) is 3.33. The van der Waals surface area contributed by atoms with Gasteiger partial charge in [-0.2, -0.15) is 0 Å². The van der Waals surface area contributed by atoms with Gasteiger partial charge in [0.25, 0.3) is 0 Å². The van der Waals surface area contributed by atoms with Gasteiger partial charge in [-0.1, -0.05) is 24.3 Å². The summed E-state index contributed by atoms with van der Waals surface area (Å²) < 4.78 is 10.4. The Bertz CT molecular complexity index is 548. The largest absolute Gasteiger partial charge is 0.497 e. The molecule has 0 saturated heterocycles. The van der Waals surface area contributed by atoms with Crippen LogP contribution in [0.5, 0.6) is 11.5 Å². The van der Waals surface area contributed by atoms with Crippen molar-refractivity contribution in [2.24, 2.45) is 0 Å². The Morgan fingerprint density at radius 1 is 0.727 bits per heavy atom. The minimum Gasteiger partial charge on any atom is -0.497 e. The molecule has 3 rings (SSSR count). The number of hydrogen-bond acceptors (Lipinski definition) is 3. The van der Waals surface area contributed by atoms with Crippen LogP contribution < -0.4 is 9.47 Å². The second-order valence-electron chi connectivity index (χ2n) is 5.83. The van der Waals surface area contributed by atoms with E-state index in [1.54, 1.807) is 14.2 Å². The standard InChI is InChI=1S/C19H22O3/c1-21-15-7-3-13(4-8-15)17-11-12-18(19(17)20)14-5-9-16(22-2)10-6-14/h3-10,17-20H,11-12H2,1-2H3/t17-,18+,19?. The number of benzene rings is 2. The first-order valence-corrected chi connectivity index (χ1v) is 7.69. The number of hydrogen-bond donors (Lipinski definition) is 1. The molecule has 2 aromatic carbocycles. The molecule has 0 bridgehead atoms. The van der Waals surface area contributed by atoms with E-state index in [0.717, 1.165) is 24.3 Å². The highest BCUT2D eigenvalue weighted by molar-refractivity contribution is 5.35. The lowest BCUT2D eigenvalue weighted by atomic mass is 9.90. The number of ether oxygens (including phenoxy) is 2. The Balaban J connectivity index is 1.76. The van der Waals surface area contributed by atoms with Crippen molar-refractivity contribution in [2.75, 3.05) is 14.2 Å². The Hall–Kier alpha value is -2.00. The summed E-state index contributed by atoms with van der Waals surface area (Å²) in [4.78, 5) is 0. The zero-order valence-corrected chi connectivity index (χ0v) is 13.0. The van der Waals surface area contributed by atoms with Crippen molar-refractivity contribution in [1.29, 1.82) is 0 Å². The molecule has 1 N–H and O–H groups in total. The summed E-state index contributed by atoms with van der Waals surface area (Å²) in [5, 5.41) is 10.7. The Labute approximate surface area is 131 Å². The molecule has 116 valence electrons. The van der Waals surface area contributed by atoms with Gasteiger partial charge in [0.1, 0.15) is 11.5 Å². The molecule has 22 heavy (non-hydrogen) atoms. The second kappa shape index (κ2) is 6.41. The molecule has 0 heterocycles. The van der Waals surface area contributed by atoms with Crippen LogP contribution in [0.1, 0.15) is 35.8 Å². The summed E-state index contributed by atoms with van der Waals surface area (Å²) in [6.07, 6.45) is 1.66. The average Bonchev–Trinajstić information content (AvgIpc) is 2.96. The summed E-state index contributed by atoms with van der Waals surface area (Å²) >= 11 is 0. The summed E-state index contributed by atoms with van der Waals surface area (Å²) in [5.74, 6) is 2.09. The van der Waals surface area contributed by atoms with Crippen molar-refractivity contribution < 1.29 is 14.6 Å². The number of aliphatic hydroxyl groups excluding tert-OH is 1. The van der Waals surface area contributed by atoms with Crippen LogP contribution >= 0.6 is 0 Å². The van der Waals surface area contributed by atoms with Gasteiger partial charge < -0.3 is 14.6 Å². The lowest BCUT2D eigenvalue weighted by molar-refractivity contribution is 0.146. The third kappa shape index (κ3) is 2.81. The Kier molecular flexibility index (Phi) is 4.34. The number of aliphatic hydroxyl groups is 1. The normalized spacial score (nSPS) is 24.2. The van der Waals surface area contributed by atoms with Crippen LogP contribution in [0.4, 0.5) is 0 Å². The lowest BCUT2D eigenvalue weighted by Gasteiger charge is -2.20. The van der Waals surface area contributed by atoms with E-state index in [4.69, 9.17) is 9.47 Å². The Morgan fingerprint density at radius 2 is 1.09 bits per heavy atom.